The largest absolute Gasteiger partial charge is 0.494 e. The van der Waals surface area contributed by atoms with Crippen molar-refractivity contribution in [3.63, 3.8) is 0 Å². The van der Waals surface area contributed by atoms with E-state index in [0.717, 1.165) is 0 Å². The minimum absolute atomic E-state index is 0.00462. The van der Waals surface area contributed by atoms with E-state index in [2.05, 4.69) is 9.98 Å². The number of aromatic hydroxyl groups is 1. The van der Waals surface area contributed by atoms with E-state index in [1.165, 1.54) is 22.9 Å². The molecule has 1 aromatic carbocycles. The van der Waals surface area contributed by atoms with Crippen molar-refractivity contribution in [3.8, 4) is 5.88 Å². The first-order valence-corrected chi connectivity index (χ1v) is 7.35. The lowest BCUT2D eigenvalue weighted by Crippen LogP contribution is -2.19. The van der Waals surface area contributed by atoms with Crippen molar-refractivity contribution < 1.29 is 14.6 Å². The Hall–Kier alpha value is -2.32. The molecule has 0 aliphatic carbocycles. The maximum atomic E-state index is 12.9. The molecule has 0 saturated heterocycles. The lowest BCUT2D eigenvalue weighted by Gasteiger charge is -2.11. The molecule has 1 heterocycles. The first-order chi connectivity index (χ1) is 11.0. The van der Waals surface area contributed by atoms with Crippen molar-refractivity contribution >= 4 is 18.4 Å². The summed E-state index contributed by atoms with van der Waals surface area (Å²) in [6.07, 6.45) is 1.71. The van der Waals surface area contributed by atoms with Crippen LogP contribution in [0.15, 0.2) is 34.1 Å². The highest BCUT2D eigenvalue weighted by Crippen LogP contribution is 2.14. The number of nitrogens with zero attached hydrogens (tertiary/aromatic N) is 2. The molecule has 0 radical (unpaired) electrons. The van der Waals surface area contributed by atoms with Crippen molar-refractivity contribution in [2.45, 2.75) is 13.0 Å². The molecule has 2 rings (SSSR count). The fourth-order valence-corrected chi connectivity index (χ4v) is 2.17. The van der Waals surface area contributed by atoms with E-state index >= 15 is 0 Å². The minimum Gasteiger partial charge on any atom is -0.494 e. The van der Waals surface area contributed by atoms with Crippen LogP contribution in [0.3, 0.4) is 0 Å². The number of benzene rings is 1. The van der Waals surface area contributed by atoms with Gasteiger partial charge in [-0.1, -0.05) is 12.1 Å². The highest BCUT2D eigenvalue weighted by Gasteiger charge is 2.11. The first-order valence-electron chi connectivity index (χ1n) is 6.94. The summed E-state index contributed by atoms with van der Waals surface area (Å²) in [5.74, 6) is -0.671. The minimum atomic E-state index is -0.546. The number of aliphatic hydroxyl groups is 1. The van der Waals surface area contributed by atoms with E-state index in [9.17, 15) is 14.3 Å². The molecule has 0 spiro atoms. The van der Waals surface area contributed by atoms with Crippen LogP contribution in [-0.2, 0) is 6.54 Å². The number of aromatic nitrogens is 2. The fourth-order valence-electron chi connectivity index (χ4n) is 1.93. The van der Waals surface area contributed by atoms with Gasteiger partial charge in [0.15, 0.2) is 4.77 Å². The molecule has 23 heavy (non-hydrogen) atoms. The van der Waals surface area contributed by atoms with E-state index in [0.29, 0.717) is 18.5 Å². The van der Waals surface area contributed by atoms with Gasteiger partial charge >= 0.3 is 0 Å². The molecule has 8 heteroatoms. The number of nitrogens with one attached hydrogen (secondary N) is 1. The van der Waals surface area contributed by atoms with Crippen LogP contribution in [0.25, 0.3) is 0 Å². The number of halogens is 1. The molecule has 0 fully saturated rings. The van der Waals surface area contributed by atoms with Crippen molar-refractivity contribution in [1.82, 2.24) is 9.55 Å². The van der Waals surface area contributed by atoms with Crippen molar-refractivity contribution in [3.05, 3.63) is 56.3 Å². The van der Waals surface area contributed by atoms with Crippen LogP contribution in [0.2, 0.25) is 0 Å². The fraction of sp³-hybridized carbons (Fsp3) is 0.267. The molecule has 0 amide bonds. The second kappa shape index (κ2) is 7.80. The molecule has 0 unspecified atom stereocenters. The Labute approximate surface area is 136 Å². The van der Waals surface area contributed by atoms with Crippen molar-refractivity contribution in [1.29, 1.82) is 0 Å². The zero-order valence-electron chi connectivity index (χ0n) is 12.2. The van der Waals surface area contributed by atoms with Gasteiger partial charge in [0.25, 0.3) is 5.56 Å². The quantitative estimate of drug-likeness (QED) is 0.424. The maximum absolute atomic E-state index is 12.9. The number of hydrogen-bond acceptors (Lipinski definition) is 5. The van der Waals surface area contributed by atoms with E-state index < -0.39 is 5.56 Å². The molecule has 0 atom stereocenters. The predicted molar refractivity (Wildman–Crippen MR) is 87.2 cm³/mol. The molecule has 3 N–H and O–H groups in total. The van der Waals surface area contributed by atoms with Crippen LogP contribution < -0.4 is 5.56 Å². The Morgan fingerprint density at radius 3 is 2.70 bits per heavy atom. The third kappa shape index (κ3) is 4.33. The lowest BCUT2D eigenvalue weighted by atomic mass is 10.2. The topological polar surface area (TPSA) is 90.6 Å². The van der Waals surface area contributed by atoms with Gasteiger partial charge in [-0.3, -0.25) is 19.3 Å². The SMILES string of the molecule is O=c1[nH]c(=S)n(Cc2ccc(F)cc2)c(O)c1C=NCCCO. The molecular weight excluding hydrogens is 321 g/mol. The van der Waals surface area contributed by atoms with E-state index in [-0.39, 0.29) is 35.2 Å². The summed E-state index contributed by atoms with van der Waals surface area (Å²) in [4.78, 5) is 18.3. The summed E-state index contributed by atoms with van der Waals surface area (Å²) in [7, 11) is 0. The van der Waals surface area contributed by atoms with Gasteiger partial charge in [0, 0.05) is 19.4 Å². The van der Waals surface area contributed by atoms with Gasteiger partial charge in [-0.05, 0) is 36.3 Å². The number of H-pyrrole nitrogens is 1. The summed E-state index contributed by atoms with van der Waals surface area (Å²) >= 11 is 5.06. The molecule has 0 aliphatic heterocycles. The summed E-state index contributed by atoms with van der Waals surface area (Å²) in [6.45, 7) is 0.511. The van der Waals surface area contributed by atoms with Gasteiger partial charge < -0.3 is 10.2 Å². The maximum Gasteiger partial charge on any atom is 0.264 e. The third-order valence-corrected chi connectivity index (χ3v) is 3.45. The van der Waals surface area contributed by atoms with Crippen LogP contribution >= 0.6 is 12.2 Å². The third-order valence-electron chi connectivity index (χ3n) is 3.13. The smallest absolute Gasteiger partial charge is 0.264 e. The molecule has 122 valence electrons. The van der Waals surface area contributed by atoms with Crippen LogP contribution in [0.4, 0.5) is 4.39 Å². The second-order valence-corrected chi connectivity index (χ2v) is 5.21. The Kier molecular flexibility index (Phi) is 5.78. The Morgan fingerprint density at radius 1 is 1.35 bits per heavy atom. The molecule has 1 aromatic heterocycles. The van der Waals surface area contributed by atoms with Crippen LogP contribution in [0.1, 0.15) is 17.5 Å². The highest BCUT2D eigenvalue weighted by atomic mass is 32.1. The Bertz CT molecular complexity index is 812. The van der Waals surface area contributed by atoms with E-state index in [1.807, 2.05) is 0 Å². The van der Waals surface area contributed by atoms with Gasteiger partial charge in [-0.25, -0.2) is 4.39 Å². The van der Waals surface area contributed by atoms with Crippen LogP contribution in [-0.4, -0.2) is 39.1 Å². The molecular formula is C15H16FN3O3S. The van der Waals surface area contributed by atoms with Crippen molar-refractivity contribution in [2.75, 3.05) is 13.2 Å². The zero-order valence-corrected chi connectivity index (χ0v) is 13.0. The lowest BCUT2D eigenvalue weighted by molar-refractivity contribution is 0.291. The summed E-state index contributed by atoms with van der Waals surface area (Å²) in [5, 5.41) is 19.0. The van der Waals surface area contributed by atoms with E-state index in [4.69, 9.17) is 17.3 Å². The van der Waals surface area contributed by atoms with Gasteiger partial charge in [-0.15, -0.1) is 0 Å². The molecule has 2 aromatic rings. The molecule has 0 saturated carbocycles. The normalized spacial score (nSPS) is 11.2. The van der Waals surface area contributed by atoms with Gasteiger partial charge in [-0.2, -0.15) is 0 Å². The zero-order chi connectivity index (χ0) is 16.8. The van der Waals surface area contributed by atoms with Crippen molar-refractivity contribution in [2.24, 2.45) is 4.99 Å². The number of aliphatic imine (C=N–C) groups is 1. The van der Waals surface area contributed by atoms with Crippen LogP contribution in [0.5, 0.6) is 5.88 Å². The number of rotatable bonds is 6. The van der Waals surface area contributed by atoms with Gasteiger partial charge in [0.05, 0.1) is 6.54 Å². The van der Waals surface area contributed by atoms with Gasteiger partial charge in [0.2, 0.25) is 5.88 Å². The van der Waals surface area contributed by atoms with Gasteiger partial charge in [0.1, 0.15) is 11.4 Å². The number of aromatic amines is 1. The average molecular weight is 337 g/mol. The second-order valence-electron chi connectivity index (χ2n) is 4.82. The predicted octanol–water partition coefficient (Wildman–Crippen LogP) is 1.60. The standard InChI is InChI=1S/C15H16FN3O3S/c16-11-4-2-10(3-5-11)9-19-14(22)12(8-17-6-1-7-20)13(21)18-15(19)23/h2-5,8,20,22H,1,6-7,9H2,(H,18,21,23). The highest BCUT2D eigenvalue weighted by molar-refractivity contribution is 7.71. The monoisotopic (exact) mass is 337 g/mol. The Balaban J connectivity index is 2.36. The van der Waals surface area contributed by atoms with E-state index in [1.54, 1.807) is 12.1 Å². The summed E-state index contributed by atoms with van der Waals surface area (Å²) in [5.41, 5.74) is 0.155. The van der Waals surface area contributed by atoms with Crippen LogP contribution in [0, 0.1) is 10.6 Å². The summed E-state index contributed by atoms with van der Waals surface area (Å²) < 4.78 is 14.3. The number of aliphatic hydroxyl groups excluding tert-OH is 1. The molecule has 0 bridgehead atoms. The Morgan fingerprint density at radius 2 is 2.04 bits per heavy atom. The molecule has 0 aliphatic rings. The number of hydrogen-bond donors (Lipinski definition) is 3. The average Bonchev–Trinajstić information content (AvgIpc) is 2.52. The first kappa shape index (κ1) is 17.0. The molecule has 6 nitrogen and oxygen atoms in total. The summed E-state index contributed by atoms with van der Waals surface area (Å²) in [6, 6.07) is 5.74.